The van der Waals surface area contributed by atoms with E-state index in [2.05, 4.69) is 15.2 Å². The number of halogens is 3. The van der Waals surface area contributed by atoms with Gasteiger partial charge < -0.3 is 19.5 Å². The number of amides is 1. The van der Waals surface area contributed by atoms with E-state index in [-0.39, 0.29) is 0 Å². The molecule has 0 fully saturated rings. The number of fused-ring (bicyclic) bond motifs is 1. The number of carbonyl (C=O) groups excluding carboxylic acids is 1. The summed E-state index contributed by atoms with van der Waals surface area (Å²) in [6, 6.07) is 10.2. The number of hydrogen-bond acceptors (Lipinski definition) is 5. The van der Waals surface area contributed by atoms with E-state index in [4.69, 9.17) is 4.42 Å². The molecule has 0 unspecified atom stereocenters. The topological polar surface area (TPSA) is 61.6 Å². The molecule has 0 saturated carbocycles. The fourth-order valence-electron chi connectivity index (χ4n) is 3.02. The fraction of sp³-hybridized carbons (Fsp3) is 0.304. The van der Waals surface area contributed by atoms with Gasteiger partial charge in [-0.05, 0) is 69.0 Å². The Bertz CT molecular complexity index is 1090. The molecule has 2 aromatic carbocycles. The predicted octanol–water partition coefficient (Wildman–Crippen LogP) is 4.89. The first-order valence-corrected chi connectivity index (χ1v) is 10.0. The summed E-state index contributed by atoms with van der Waals surface area (Å²) in [5, 5.41) is 2.72. The normalized spacial score (nSPS) is 12.1. The smallest absolute Gasteiger partial charge is 0.416 e. The maximum absolute atomic E-state index is 12.6. The fourth-order valence-corrected chi connectivity index (χ4v) is 3.02. The van der Waals surface area contributed by atoms with Crippen molar-refractivity contribution in [2.75, 3.05) is 44.4 Å². The molecule has 3 aromatic rings. The third-order valence-corrected chi connectivity index (χ3v) is 4.73. The first-order chi connectivity index (χ1) is 15.1. The lowest BCUT2D eigenvalue weighted by molar-refractivity contribution is -0.137. The molecule has 3 rings (SSSR count). The van der Waals surface area contributed by atoms with E-state index in [0.717, 1.165) is 31.6 Å². The van der Waals surface area contributed by atoms with Gasteiger partial charge >= 0.3 is 6.18 Å². The van der Waals surface area contributed by atoms with Crippen LogP contribution in [0, 0.1) is 0 Å². The first kappa shape index (κ1) is 23.3. The lowest BCUT2D eigenvalue weighted by atomic mass is 10.1. The van der Waals surface area contributed by atoms with Crippen molar-refractivity contribution < 1.29 is 22.4 Å². The van der Waals surface area contributed by atoms with E-state index in [9.17, 15) is 18.0 Å². The van der Waals surface area contributed by atoms with E-state index in [1.165, 1.54) is 24.3 Å². The van der Waals surface area contributed by atoms with Gasteiger partial charge in [0.15, 0.2) is 5.58 Å². The first-order valence-electron chi connectivity index (χ1n) is 10.0. The lowest BCUT2D eigenvalue weighted by Crippen LogP contribution is -2.23. The van der Waals surface area contributed by atoms with E-state index in [1.54, 1.807) is 18.2 Å². The number of nitrogens with one attached hydrogen (secondary N) is 1. The summed E-state index contributed by atoms with van der Waals surface area (Å²) >= 11 is 0. The van der Waals surface area contributed by atoms with Crippen LogP contribution in [0.5, 0.6) is 0 Å². The van der Waals surface area contributed by atoms with Crippen LogP contribution in [-0.2, 0) is 11.0 Å². The van der Waals surface area contributed by atoms with Crippen molar-refractivity contribution in [3.05, 3.63) is 59.7 Å². The number of anilines is 2. The van der Waals surface area contributed by atoms with Crippen molar-refractivity contribution in [2.24, 2.45) is 0 Å². The largest absolute Gasteiger partial charge is 0.423 e. The van der Waals surface area contributed by atoms with Crippen LogP contribution >= 0.6 is 0 Å². The number of rotatable bonds is 8. The zero-order valence-electron chi connectivity index (χ0n) is 18.1. The maximum Gasteiger partial charge on any atom is 0.416 e. The van der Waals surface area contributed by atoms with Crippen LogP contribution in [0.4, 0.5) is 24.9 Å². The number of carbonyl (C=O) groups is 1. The van der Waals surface area contributed by atoms with Gasteiger partial charge in [-0.2, -0.15) is 18.2 Å². The van der Waals surface area contributed by atoms with Crippen LogP contribution < -0.4 is 10.2 Å². The highest BCUT2D eigenvalue weighted by Crippen LogP contribution is 2.29. The van der Waals surface area contributed by atoms with Crippen molar-refractivity contribution in [1.29, 1.82) is 0 Å². The molecule has 0 atom stereocenters. The molecule has 0 bridgehead atoms. The lowest BCUT2D eigenvalue weighted by Gasteiger charge is -2.15. The molecule has 0 spiro atoms. The quantitative estimate of drug-likeness (QED) is 0.500. The Morgan fingerprint density at radius 3 is 2.47 bits per heavy atom. The minimum absolute atomic E-state index is 0.409. The standard InChI is InChI=1S/C23H25F3N4O2/c1-29(2)13-4-14-30(3)22-28-19-15-18(10-11-20(19)32-22)27-21(31)12-7-16-5-8-17(9-6-16)23(24,25)26/h5-12,15H,4,13-14H2,1-3H3,(H,27,31). The summed E-state index contributed by atoms with van der Waals surface area (Å²) in [5.41, 5.74) is 1.51. The summed E-state index contributed by atoms with van der Waals surface area (Å²) < 4.78 is 43.6. The third-order valence-electron chi connectivity index (χ3n) is 4.73. The molecule has 1 amide bonds. The van der Waals surface area contributed by atoms with Crippen molar-refractivity contribution in [2.45, 2.75) is 12.6 Å². The van der Waals surface area contributed by atoms with Crippen LogP contribution in [0.3, 0.4) is 0 Å². The van der Waals surface area contributed by atoms with E-state index in [0.29, 0.717) is 28.4 Å². The second-order valence-corrected chi connectivity index (χ2v) is 7.70. The summed E-state index contributed by atoms with van der Waals surface area (Å²) in [4.78, 5) is 20.7. The molecular weight excluding hydrogens is 421 g/mol. The predicted molar refractivity (Wildman–Crippen MR) is 120 cm³/mol. The molecule has 6 nitrogen and oxygen atoms in total. The number of nitrogens with zero attached hydrogens (tertiary/aromatic N) is 3. The Labute approximate surface area is 184 Å². The summed E-state index contributed by atoms with van der Waals surface area (Å²) in [7, 11) is 5.96. The molecule has 0 saturated heterocycles. The van der Waals surface area contributed by atoms with Crippen LogP contribution in [0.15, 0.2) is 53.0 Å². The average molecular weight is 446 g/mol. The van der Waals surface area contributed by atoms with Gasteiger partial charge in [-0.3, -0.25) is 4.79 Å². The molecular formula is C23H25F3N4O2. The number of oxazole rings is 1. The molecule has 0 radical (unpaired) electrons. The van der Waals surface area contributed by atoms with Gasteiger partial charge in [-0.1, -0.05) is 12.1 Å². The second kappa shape index (κ2) is 9.86. The molecule has 0 aliphatic carbocycles. The highest BCUT2D eigenvalue weighted by molar-refractivity contribution is 6.02. The van der Waals surface area contributed by atoms with Gasteiger partial charge in [0.1, 0.15) is 5.52 Å². The van der Waals surface area contributed by atoms with Gasteiger partial charge in [0.25, 0.3) is 6.01 Å². The number of aromatic nitrogens is 1. The molecule has 1 aromatic heterocycles. The summed E-state index contributed by atoms with van der Waals surface area (Å²) in [6.07, 6.45) is -0.709. The Kier molecular flexibility index (Phi) is 7.19. The van der Waals surface area contributed by atoms with Crippen molar-refractivity contribution in [1.82, 2.24) is 9.88 Å². The Morgan fingerprint density at radius 1 is 1.09 bits per heavy atom. The number of benzene rings is 2. The van der Waals surface area contributed by atoms with Crippen LogP contribution in [0.25, 0.3) is 17.2 Å². The van der Waals surface area contributed by atoms with Crippen molar-refractivity contribution >= 4 is 34.8 Å². The summed E-state index contributed by atoms with van der Waals surface area (Å²) in [6.45, 7) is 1.75. The Hall–Kier alpha value is -3.33. The van der Waals surface area contributed by atoms with Gasteiger partial charge in [-0.25, -0.2) is 0 Å². The highest BCUT2D eigenvalue weighted by Gasteiger charge is 2.29. The third kappa shape index (κ3) is 6.34. The molecule has 9 heteroatoms. The molecule has 1 heterocycles. The molecule has 0 aliphatic heterocycles. The van der Waals surface area contributed by atoms with Crippen LogP contribution in [0.1, 0.15) is 17.5 Å². The maximum atomic E-state index is 12.6. The van der Waals surface area contributed by atoms with Gasteiger partial charge in [0.05, 0.1) is 5.56 Å². The second-order valence-electron chi connectivity index (χ2n) is 7.70. The van der Waals surface area contributed by atoms with Crippen molar-refractivity contribution in [3.8, 4) is 0 Å². The van der Waals surface area contributed by atoms with E-state index >= 15 is 0 Å². The van der Waals surface area contributed by atoms with E-state index < -0.39 is 17.6 Å². The number of alkyl halides is 3. The summed E-state index contributed by atoms with van der Waals surface area (Å²) in [5.74, 6) is -0.409. The van der Waals surface area contributed by atoms with Gasteiger partial charge in [0, 0.05) is 25.4 Å². The van der Waals surface area contributed by atoms with Crippen LogP contribution in [0.2, 0.25) is 0 Å². The minimum Gasteiger partial charge on any atom is -0.423 e. The van der Waals surface area contributed by atoms with Gasteiger partial charge in [0.2, 0.25) is 5.91 Å². The Balaban J connectivity index is 1.61. The monoisotopic (exact) mass is 446 g/mol. The zero-order valence-corrected chi connectivity index (χ0v) is 18.1. The SMILES string of the molecule is CN(C)CCCN(C)c1nc2cc(NC(=O)C=Cc3ccc(C(F)(F)F)cc3)ccc2o1. The van der Waals surface area contributed by atoms with E-state index in [1.807, 2.05) is 26.0 Å². The number of hydrogen-bond donors (Lipinski definition) is 1. The molecule has 32 heavy (non-hydrogen) atoms. The average Bonchev–Trinajstić information content (AvgIpc) is 3.15. The zero-order chi connectivity index (χ0) is 23.3. The van der Waals surface area contributed by atoms with Gasteiger partial charge in [-0.15, -0.1) is 0 Å². The van der Waals surface area contributed by atoms with Crippen LogP contribution in [-0.4, -0.2) is 50.0 Å². The highest BCUT2D eigenvalue weighted by atomic mass is 19.4. The molecule has 1 N–H and O–H groups in total. The molecule has 0 aliphatic rings. The van der Waals surface area contributed by atoms with Crippen molar-refractivity contribution in [3.63, 3.8) is 0 Å². The minimum atomic E-state index is -4.39. The Morgan fingerprint density at radius 2 is 1.81 bits per heavy atom. The molecule has 170 valence electrons.